The second kappa shape index (κ2) is 6.71. The van der Waals surface area contributed by atoms with Gasteiger partial charge in [0.1, 0.15) is 5.82 Å². The van der Waals surface area contributed by atoms with Gasteiger partial charge in [0.25, 0.3) is 0 Å². The van der Waals surface area contributed by atoms with Gasteiger partial charge in [0.15, 0.2) is 0 Å². The summed E-state index contributed by atoms with van der Waals surface area (Å²) in [5.74, 6) is -0.494. The second-order valence-corrected chi connectivity index (χ2v) is 5.83. The Hall–Kier alpha value is -0.350. The Labute approximate surface area is 119 Å². The average molecular weight is 296 g/mol. The topological polar surface area (TPSA) is 46.2 Å². The fraction of sp³-hybridized carbons (Fsp3) is 0.538. The van der Waals surface area contributed by atoms with Crippen LogP contribution in [0.25, 0.3) is 0 Å². The number of nitrogens with two attached hydrogens (primary N) is 1. The van der Waals surface area contributed by atoms with Gasteiger partial charge in [0.2, 0.25) is 0 Å². The first-order valence-electron chi connectivity index (χ1n) is 5.60. The van der Waals surface area contributed by atoms with Crippen molar-refractivity contribution in [3.05, 3.63) is 34.6 Å². The molecule has 0 aromatic heterocycles. The van der Waals surface area contributed by atoms with Crippen molar-refractivity contribution in [1.82, 2.24) is 0 Å². The van der Waals surface area contributed by atoms with Gasteiger partial charge in [-0.2, -0.15) is 0 Å². The van der Waals surface area contributed by atoms with Gasteiger partial charge in [-0.25, -0.2) is 4.39 Å². The molecule has 18 heavy (non-hydrogen) atoms. The Morgan fingerprint density at radius 1 is 1.39 bits per heavy atom. The van der Waals surface area contributed by atoms with E-state index in [9.17, 15) is 9.50 Å². The molecule has 0 saturated heterocycles. The van der Waals surface area contributed by atoms with Gasteiger partial charge in [-0.15, -0.1) is 12.4 Å². The monoisotopic (exact) mass is 295 g/mol. The summed E-state index contributed by atoms with van der Waals surface area (Å²) in [6.45, 7) is 5.97. The van der Waals surface area contributed by atoms with E-state index in [2.05, 4.69) is 0 Å². The lowest BCUT2D eigenvalue weighted by molar-refractivity contribution is 0.130. The fourth-order valence-corrected chi connectivity index (χ4v) is 1.65. The molecule has 0 amide bonds. The molecule has 0 heterocycles. The second-order valence-electron chi connectivity index (χ2n) is 5.39. The van der Waals surface area contributed by atoms with Crippen LogP contribution >= 0.6 is 24.0 Å². The van der Waals surface area contributed by atoms with Gasteiger partial charge < -0.3 is 10.8 Å². The molecule has 2 atom stereocenters. The summed E-state index contributed by atoms with van der Waals surface area (Å²) < 4.78 is 13.6. The van der Waals surface area contributed by atoms with Crippen LogP contribution in [0.5, 0.6) is 0 Å². The van der Waals surface area contributed by atoms with Crippen molar-refractivity contribution in [2.24, 2.45) is 11.1 Å². The summed E-state index contributed by atoms with van der Waals surface area (Å²) in [6, 6.07) is 4.05. The lowest BCUT2D eigenvalue weighted by atomic mass is 9.83. The molecule has 0 radical (unpaired) electrons. The van der Waals surface area contributed by atoms with E-state index in [0.29, 0.717) is 11.4 Å². The van der Waals surface area contributed by atoms with Crippen LogP contribution in [0.4, 0.5) is 4.39 Å². The summed E-state index contributed by atoms with van der Waals surface area (Å²) in [4.78, 5) is 0. The molecule has 0 bridgehead atoms. The van der Waals surface area contributed by atoms with Crippen molar-refractivity contribution < 1.29 is 9.50 Å². The average Bonchev–Trinajstić information content (AvgIpc) is 2.15. The molecule has 5 heteroatoms. The van der Waals surface area contributed by atoms with Crippen molar-refractivity contribution in [1.29, 1.82) is 0 Å². The van der Waals surface area contributed by atoms with E-state index < -0.39 is 11.9 Å². The van der Waals surface area contributed by atoms with Crippen LogP contribution in [0.3, 0.4) is 0 Å². The largest absolute Gasteiger partial charge is 0.388 e. The number of aliphatic hydroxyl groups excluding tert-OH is 1. The highest BCUT2D eigenvalue weighted by atomic mass is 35.5. The van der Waals surface area contributed by atoms with Crippen LogP contribution in [0.15, 0.2) is 18.2 Å². The van der Waals surface area contributed by atoms with Crippen LogP contribution in [-0.4, -0.2) is 11.1 Å². The third kappa shape index (κ3) is 4.73. The highest BCUT2D eigenvalue weighted by Crippen LogP contribution is 2.28. The zero-order valence-corrected chi connectivity index (χ0v) is 12.4. The van der Waals surface area contributed by atoms with Crippen molar-refractivity contribution in [3.63, 3.8) is 0 Å². The maximum Gasteiger partial charge on any atom is 0.130 e. The van der Waals surface area contributed by atoms with E-state index in [0.717, 1.165) is 0 Å². The number of benzene rings is 1. The lowest BCUT2D eigenvalue weighted by Gasteiger charge is -2.29. The Morgan fingerprint density at radius 2 is 1.94 bits per heavy atom. The van der Waals surface area contributed by atoms with E-state index in [1.807, 2.05) is 20.8 Å². The number of aliphatic hydroxyl groups is 1. The smallest absolute Gasteiger partial charge is 0.130 e. The predicted molar refractivity (Wildman–Crippen MR) is 75.7 cm³/mol. The first-order chi connectivity index (χ1) is 7.71. The van der Waals surface area contributed by atoms with Crippen LogP contribution < -0.4 is 5.73 Å². The van der Waals surface area contributed by atoms with Gasteiger partial charge in [-0.3, -0.25) is 0 Å². The predicted octanol–water partition coefficient (Wildman–Crippen LogP) is 3.70. The zero-order valence-electron chi connectivity index (χ0n) is 10.8. The Morgan fingerprint density at radius 3 is 2.39 bits per heavy atom. The first-order valence-corrected chi connectivity index (χ1v) is 5.98. The van der Waals surface area contributed by atoms with E-state index in [1.165, 1.54) is 12.1 Å². The Bertz CT molecular complexity index is 393. The molecule has 3 N–H and O–H groups in total. The van der Waals surface area contributed by atoms with Crippen molar-refractivity contribution in [2.45, 2.75) is 39.3 Å². The van der Waals surface area contributed by atoms with Crippen molar-refractivity contribution in [3.8, 4) is 0 Å². The summed E-state index contributed by atoms with van der Waals surface area (Å²) in [6.07, 6.45) is -0.580. The van der Waals surface area contributed by atoms with E-state index in [-0.39, 0.29) is 29.4 Å². The molecular weight excluding hydrogens is 276 g/mol. The molecular formula is C13H20Cl2FNO. The number of hydrogen-bond acceptors (Lipinski definition) is 2. The molecule has 0 saturated carbocycles. The highest BCUT2D eigenvalue weighted by molar-refractivity contribution is 6.30. The van der Waals surface area contributed by atoms with Gasteiger partial charge >= 0.3 is 0 Å². The number of rotatable bonds is 3. The highest BCUT2D eigenvalue weighted by Gasteiger charge is 2.25. The SMILES string of the molecule is CC(C)(C)[C@@H](N)C[C@@H](O)c1ccc(Cl)cc1F.Cl. The van der Waals surface area contributed by atoms with E-state index in [4.69, 9.17) is 17.3 Å². The summed E-state index contributed by atoms with van der Waals surface area (Å²) in [7, 11) is 0. The zero-order chi connectivity index (χ0) is 13.2. The summed E-state index contributed by atoms with van der Waals surface area (Å²) >= 11 is 5.65. The molecule has 104 valence electrons. The number of hydrogen-bond donors (Lipinski definition) is 2. The van der Waals surface area contributed by atoms with Gasteiger partial charge in [-0.1, -0.05) is 38.4 Å². The van der Waals surface area contributed by atoms with Gasteiger partial charge in [0, 0.05) is 16.6 Å². The number of halogens is 3. The van der Waals surface area contributed by atoms with Crippen molar-refractivity contribution >= 4 is 24.0 Å². The maximum absolute atomic E-state index is 13.6. The van der Waals surface area contributed by atoms with E-state index in [1.54, 1.807) is 6.07 Å². The standard InChI is InChI=1S/C13H19ClFNO.ClH/c1-13(2,3)12(16)7-11(17)9-5-4-8(14)6-10(9)15;/h4-6,11-12,17H,7,16H2,1-3H3;1H/t11-,12+;/m1./s1. The maximum atomic E-state index is 13.6. The van der Waals surface area contributed by atoms with Gasteiger partial charge in [-0.05, 0) is 24.0 Å². The molecule has 1 aromatic rings. The molecule has 0 unspecified atom stereocenters. The molecule has 0 spiro atoms. The quantitative estimate of drug-likeness (QED) is 0.893. The minimum atomic E-state index is -0.901. The third-order valence-corrected chi connectivity index (χ3v) is 3.15. The minimum absolute atomic E-state index is 0. The third-order valence-electron chi connectivity index (χ3n) is 2.91. The van der Waals surface area contributed by atoms with Crippen LogP contribution in [0.1, 0.15) is 38.9 Å². The minimum Gasteiger partial charge on any atom is -0.388 e. The fourth-order valence-electron chi connectivity index (χ4n) is 1.49. The van der Waals surface area contributed by atoms with Gasteiger partial charge in [0.05, 0.1) is 6.10 Å². The molecule has 0 aliphatic carbocycles. The summed E-state index contributed by atoms with van der Waals surface area (Å²) in [5.41, 5.74) is 6.08. The molecule has 1 rings (SSSR count). The molecule has 2 nitrogen and oxygen atoms in total. The lowest BCUT2D eigenvalue weighted by Crippen LogP contribution is -2.36. The van der Waals surface area contributed by atoms with E-state index >= 15 is 0 Å². The van der Waals surface area contributed by atoms with Crippen molar-refractivity contribution in [2.75, 3.05) is 0 Å². The first kappa shape index (κ1) is 17.6. The molecule has 1 aromatic carbocycles. The van der Waals surface area contributed by atoms with Crippen LogP contribution in [-0.2, 0) is 0 Å². The molecule has 0 fully saturated rings. The van der Waals surface area contributed by atoms with Crippen LogP contribution in [0, 0.1) is 11.2 Å². The Balaban J connectivity index is 0.00000289. The summed E-state index contributed by atoms with van der Waals surface area (Å²) in [5, 5.41) is 10.3. The Kier molecular flexibility index (Phi) is 6.58. The normalized spacial score (nSPS) is 14.8. The molecule has 0 aliphatic heterocycles. The molecule has 0 aliphatic rings. The van der Waals surface area contributed by atoms with Crippen LogP contribution in [0.2, 0.25) is 5.02 Å².